The number of hydrogen-bond acceptors (Lipinski definition) is 6. The maximum absolute atomic E-state index is 11.2. The van der Waals surface area contributed by atoms with Crippen molar-refractivity contribution in [2.75, 3.05) is 6.61 Å². The number of aliphatic hydroxyl groups is 6. The Hall–Kier alpha value is -0.240. The molecule has 5 aliphatic rings. The van der Waals surface area contributed by atoms with Gasteiger partial charge in [-0.15, -0.1) is 0 Å². The molecule has 0 heterocycles. The molecule has 5 saturated carbocycles. The fourth-order valence-corrected chi connectivity index (χ4v) is 13.3. The molecule has 6 nitrogen and oxygen atoms in total. The van der Waals surface area contributed by atoms with Gasteiger partial charge in [0.2, 0.25) is 0 Å². The number of fused-ring (bicyclic) bond motifs is 7. The van der Waals surface area contributed by atoms with Gasteiger partial charge in [-0.3, -0.25) is 0 Å². The maximum Gasteiger partial charge on any atom is 0.111 e. The van der Waals surface area contributed by atoms with Crippen LogP contribution in [0.25, 0.3) is 0 Å². The molecule has 0 bridgehead atoms. The third kappa shape index (κ3) is 4.54. The van der Waals surface area contributed by atoms with Gasteiger partial charge in [-0.25, -0.2) is 0 Å². The van der Waals surface area contributed by atoms with Crippen LogP contribution in [0.4, 0.5) is 0 Å². The molecular formula is C35H62O6. The molecule has 5 rings (SSSR count). The summed E-state index contributed by atoms with van der Waals surface area (Å²) in [4.78, 5) is 0. The molecule has 5 aliphatic carbocycles. The molecule has 0 aromatic rings. The van der Waals surface area contributed by atoms with Crippen molar-refractivity contribution in [2.45, 2.75) is 150 Å². The van der Waals surface area contributed by atoms with Crippen LogP contribution >= 0.6 is 0 Å². The van der Waals surface area contributed by atoms with Crippen LogP contribution in [0, 0.1) is 62.6 Å². The summed E-state index contributed by atoms with van der Waals surface area (Å²) in [6, 6.07) is 0. The zero-order valence-electron chi connectivity index (χ0n) is 27.0. The third-order valence-corrected chi connectivity index (χ3v) is 15.6. The largest absolute Gasteiger partial charge is 0.394 e. The van der Waals surface area contributed by atoms with Crippen molar-refractivity contribution < 1.29 is 30.6 Å². The molecule has 6 unspecified atom stereocenters. The Morgan fingerprint density at radius 1 is 0.585 bits per heavy atom. The van der Waals surface area contributed by atoms with E-state index in [1.165, 1.54) is 51.4 Å². The van der Waals surface area contributed by atoms with E-state index in [2.05, 4.69) is 41.5 Å². The number of rotatable bonds is 7. The Bertz CT molecular complexity index is 955. The summed E-state index contributed by atoms with van der Waals surface area (Å²) < 4.78 is 0. The quantitative estimate of drug-likeness (QED) is 0.255. The molecule has 6 heteroatoms. The first-order valence-corrected chi connectivity index (χ1v) is 17.0. The first-order valence-electron chi connectivity index (χ1n) is 17.0. The van der Waals surface area contributed by atoms with E-state index in [0.717, 1.165) is 31.1 Å². The Morgan fingerprint density at radius 3 is 1.76 bits per heavy atom. The van der Waals surface area contributed by atoms with Gasteiger partial charge in [0.25, 0.3) is 0 Å². The highest BCUT2D eigenvalue weighted by Crippen LogP contribution is 2.78. The minimum Gasteiger partial charge on any atom is -0.394 e. The van der Waals surface area contributed by atoms with Crippen LogP contribution in [0.1, 0.15) is 119 Å². The smallest absolute Gasteiger partial charge is 0.111 e. The Labute approximate surface area is 249 Å². The highest BCUT2D eigenvalue weighted by Gasteiger charge is 2.70. The highest BCUT2D eigenvalue weighted by atomic mass is 16.4. The van der Waals surface area contributed by atoms with E-state index >= 15 is 0 Å². The molecule has 0 spiro atoms. The summed E-state index contributed by atoms with van der Waals surface area (Å²) in [5, 5.41) is 61.5. The first kappa shape index (κ1) is 32.2. The summed E-state index contributed by atoms with van der Waals surface area (Å²) in [5.41, 5.74) is 1.71. The van der Waals surface area contributed by atoms with Crippen molar-refractivity contribution in [1.82, 2.24) is 0 Å². The second-order valence-electron chi connectivity index (χ2n) is 17.4. The summed E-state index contributed by atoms with van der Waals surface area (Å²) in [5.74, 6) is 2.71. The third-order valence-electron chi connectivity index (χ3n) is 15.6. The zero-order valence-corrected chi connectivity index (χ0v) is 27.0. The Kier molecular flexibility index (Phi) is 8.38. The Balaban J connectivity index is 1.36. The van der Waals surface area contributed by atoms with E-state index in [4.69, 9.17) is 5.11 Å². The van der Waals surface area contributed by atoms with Gasteiger partial charge in [0.15, 0.2) is 0 Å². The monoisotopic (exact) mass is 578 g/mol. The fraction of sp³-hybridized carbons (Fsp3) is 1.00. The molecular weight excluding hydrogens is 516 g/mol. The fourth-order valence-electron chi connectivity index (χ4n) is 13.3. The van der Waals surface area contributed by atoms with Crippen molar-refractivity contribution in [1.29, 1.82) is 0 Å². The summed E-state index contributed by atoms with van der Waals surface area (Å²) in [6.07, 6.45) is 6.14. The van der Waals surface area contributed by atoms with E-state index in [0.29, 0.717) is 33.5 Å². The first-order chi connectivity index (χ1) is 19.0. The topological polar surface area (TPSA) is 121 Å². The van der Waals surface area contributed by atoms with Gasteiger partial charge >= 0.3 is 0 Å². The van der Waals surface area contributed by atoms with Crippen LogP contribution in [0.3, 0.4) is 0 Å². The molecule has 5 fully saturated rings. The van der Waals surface area contributed by atoms with E-state index in [9.17, 15) is 25.5 Å². The van der Waals surface area contributed by atoms with Crippen LogP contribution in [-0.4, -0.2) is 67.8 Å². The lowest BCUT2D eigenvalue weighted by atomic mass is 9.32. The van der Waals surface area contributed by atoms with Gasteiger partial charge in [-0.2, -0.15) is 0 Å². The van der Waals surface area contributed by atoms with Crippen LogP contribution in [0.5, 0.6) is 0 Å². The molecule has 0 radical (unpaired) electrons. The van der Waals surface area contributed by atoms with Crippen molar-refractivity contribution in [3.8, 4) is 0 Å². The van der Waals surface area contributed by atoms with Crippen LogP contribution in [0.15, 0.2) is 0 Å². The lowest BCUT2D eigenvalue weighted by Crippen LogP contribution is -2.65. The molecule has 0 saturated heterocycles. The van der Waals surface area contributed by atoms with Crippen LogP contribution in [-0.2, 0) is 0 Å². The molecule has 0 aromatic heterocycles. The van der Waals surface area contributed by atoms with Gasteiger partial charge in [-0.1, -0.05) is 54.9 Å². The maximum atomic E-state index is 11.2. The van der Waals surface area contributed by atoms with Gasteiger partial charge in [0.05, 0.1) is 12.7 Å². The Morgan fingerprint density at radius 2 is 1.15 bits per heavy atom. The predicted octanol–water partition coefficient (Wildman–Crippen LogP) is 4.91. The minimum absolute atomic E-state index is 0.194. The normalized spacial score (nSPS) is 49.8. The molecule has 0 amide bonds. The number of aliphatic hydroxyl groups excluding tert-OH is 6. The minimum atomic E-state index is -1.73. The van der Waals surface area contributed by atoms with Gasteiger partial charge in [0.1, 0.15) is 24.4 Å². The second-order valence-corrected chi connectivity index (χ2v) is 17.4. The average Bonchev–Trinajstić information content (AvgIpc) is 3.27. The molecule has 15 atom stereocenters. The van der Waals surface area contributed by atoms with E-state index < -0.39 is 37.1 Å². The lowest BCUT2D eigenvalue weighted by molar-refractivity contribution is -0.242. The van der Waals surface area contributed by atoms with Crippen molar-refractivity contribution in [2.24, 2.45) is 62.6 Å². The predicted molar refractivity (Wildman–Crippen MR) is 161 cm³/mol. The van der Waals surface area contributed by atoms with Crippen molar-refractivity contribution in [3.05, 3.63) is 0 Å². The lowest BCUT2D eigenvalue weighted by Gasteiger charge is -2.73. The van der Waals surface area contributed by atoms with Gasteiger partial charge < -0.3 is 30.6 Å². The molecule has 0 aliphatic heterocycles. The summed E-state index contributed by atoms with van der Waals surface area (Å²) in [7, 11) is 0. The second kappa shape index (κ2) is 10.7. The molecule has 41 heavy (non-hydrogen) atoms. The van der Waals surface area contributed by atoms with Gasteiger partial charge in [0, 0.05) is 0 Å². The summed E-state index contributed by atoms with van der Waals surface area (Å²) in [6.45, 7) is 16.9. The van der Waals surface area contributed by atoms with Crippen LogP contribution in [0.2, 0.25) is 0 Å². The molecule has 0 aromatic carbocycles. The van der Waals surface area contributed by atoms with Crippen molar-refractivity contribution in [3.63, 3.8) is 0 Å². The van der Waals surface area contributed by atoms with Crippen LogP contribution < -0.4 is 0 Å². The summed E-state index contributed by atoms with van der Waals surface area (Å²) >= 11 is 0. The van der Waals surface area contributed by atoms with Crippen molar-refractivity contribution >= 4 is 0 Å². The standard InChI is InChI=1S/C35H62O6/c1-20(27(38)29(40)30(41)28(39)23(37)19-36)21-11-16-32(4)22(21)12-17-34(6)25(32)9-10-26-33(5)15-8-14-31(2,3)24(33)13-18-35(26,34)7/h20-30,36-41H,8-19H2,1-7H3/t20?,21-,22+,23?,24+,25-,26-,27?,28?,29?,30?,32+,33+,34-,35-/m1/s1. The molecule has 238 valence electrons. The van der Waals surface area contributed by atoms with E-state index in [1.54, 1.807) is 0 Å². The zero-order chi connectivity index (χ0) is 30.3. The molecule has 6 N–H and O–H groups in total. The van der Waals surface area contributed by atoms with E-state index in [1.807, 2.05) is 6.92 Å². The number of hydrogen-bond donors (Lipinski definition) is 6. The SMILES string of the molecule is CC(C(O)C(O)C(O)C(O)C(O)CO)[C@H]1CC[C@]2(C)[C@H]3CC[C@@H]4[C@@]5(C)CCCC(C)(C)[C@@H]5CC[C@@]4(C)[C@]3(C)CC[C@@H]12. The average molecular weight is 579 g/mol. The van der Waals surface area contributed by atoms with Gasteiger partial charge in [-0.05, 0) is 127 Å². The highest BCUT2D eigenvalue weighted by molar-refractivity contribution is 5.19. The van der Waals surface area contributed by atoms with E-state index in [-0.39, 0.29) is 17.3 Å².